The molecule has 5 heteroatoms. The molecule has 1 aromatic rings. The maximum atomic E-state index is 12.9. The summed E-state index contributed by atoms with van der Waals surface area (Å²) in [7, 11) is 0. The quantitative estimate of drug-likeness (QED) is 0.679. The van der Waals surface area contributed by atoms with Crippen molar-refractivity contribution in [2.75, 3.05) is 19.6 Å². The molecule has 0 saturated carbocycles. The minimum absolute atomic E-state index is 0.108. The Balaban J connectivity index is 2.29. The topological polar surface area (TPSA) is 61.4 Å². The molecule has 0 bridgehead atoms. The number of aliphatic hydroxyl groups excluding tert-OH is 1. The molecule has 0 fully saturated rings. The monoisotopic (exact) mass is 254 g/mol. The lowest BCUT2D eigenvalue weighted by Gasteiger charge is -2.12. The number of hydrogen-bond acceptors (Lipinski definition) is 3. The molecule has 1 amide bonds. The normalized spacial score (nSPS) is 12.2. The van der Waals surface area contributed by atoms with Crippen molar-refractivity contribution in [1.29, 1.82) is 0 Å². The molecule has 4 nitrogen and oxygen atoms in total. The standard InChI is InChI=1S/C13H19FN2O2/c1-2-6-16-13(18)9-15-8-12(17)10-4-3-5-11(14)7-10/h3-5,7,12,15,17H,2,6,8-9H2,1H3,(H,16,18). The van der Waals surface area contributed by atoms with Gasteiger partial charge in [0.1, 0.15) is 5.82 Å². The van der Waals surface area contributed by atoms with Gasteiger partial charge in [-0.15, -0.1) is 0 Å². The first-order valence-corrected chi connectivity index (χ1v) is 6.04. The zero-order valence-electron chi connectivity index (χ0n) is 10.4. The third kappa shape index (κ3) is 5.25. The van der Waals surface area contributed by atoms with E-state index >= 15 is 0 Å². The van der Waals surface area contributed by atoms with Crippen LogP contribution in [0.2, 0.25) is 0 Å². The molecule has 0 aliphatic carbocycles. The maximum absolute atomic E-state index is 12.9. The molecule has 0 spiro atoms. The summed E-state index contributed by atoms with van der Waals surface area (Å²) in [6, 6.07) is 5.79. The number of carbonyl (C=O) groups excluding carboxylic acids is 1. The molecular weight excluding hydrogens is 235 g/mol. The van der Waals surface area contributed by atoms with Crippen LogP contribution in [-0.4, -0.2) is 30.6 Å². The minimum Gasteiger partial charge on any atom is -0.387 e. The summed E-state index contributed by atoms with van der Waals surface area (Å²) in [5, 5.41) is 15.3. The Morgan fingerprint density at radius 1 is 1.50 bits per heavy atom. The average Bonchev–Trinajstić information content (AvgIpc) is 2.36. The van der Waals surface area contributed by atoms with Gasteiger partial charge in [-0.1, -0.05) is 19.1 Å². The van der Waals surface area contributed by atoms with Gasteiger partial charge in [0, 0.05) is 13.1 Å². The van der Waals surface area contributed by atoms with Gasteiger partial charge in [-0.05, 0) is 24.1 Å². The third-order valence-corrected chi connectivity index (χ3v) is 2.43. The van der Waals surface area contributed by atoms with Gasteiger partial charge in [0.05, 0.1) is 12.6 Å². The Morgan fingerprint density at radius 3 is 2.94 bits per heavy atom. The Bertz CT molecular complexity index is 385. The fourth-order valence-corrected chi connectivity index (χ4v) is 1.48. The van der Waals surface area contributed by atoms with E-state index in [1.54, 1.807) is 12.1 Å². The second-order valence-electron chi connectivity index (χ2n) is 4.05. The molecule has 1 atom stereocenters. The van der Waals surface area contributed by atoms with E-state index in [1.165, 1.54) is 12.1 Å². The van der Waals surface area contributed by atoms with Crippen LogP contribution >= 0.6 is 0 Å². The molecule has 1 unspecified atom stereocenters. The van der Waals surface area contributed by atoms with Gasteiger partial charge in [-0.3, -0.25) is 4.79 Å². The third-order valence-electron chi connectivity index (χ3n) is 2.43. The molecule has 0 saturated heterocycles. The van der Waals surface area contributed by atoms with E-state index in [0.717, 1.165) is 6.42 Å². The van der Waals surface area contributed by atoms with E-state index in [-0.39, 0.29) is 24.8 Å². The zero-order chi connectivity index (χ0) is 13.4. The van der Waals surface area contributed by atoms with Crippen LogP contribution in [0.1, 0.15) is 25.0 Å². The SMILES string of the molecule is CCCNC(=O)CNCC(O)c1cccc(F)c1. The molecule has 0 aliphatic heterocycles. The van der Waals surface area contributed by atoms with E-state index < -0.39 is 6.10 Å². The first kappa shape index (κ1) is 14.6. The van der Waals surface area contributed by atoms with Crippen molar-refractivity contribution < 1.29 is 14.3 Å². The molecular formula is C13H19FN2O2. The van der Waals surface area contributed by atoms with Gasteiger partial charge in [-0.2, -0.15) is 0 Å². The lowest BCUT2D eigenvalue weighted by molar-refractivity contribution is -0.120. The highest BCUT2D eigenvalue weighted by molar-refractivity contribution is 5.77. The van der Waals surface area contributed by atoms with Crippen LogP contribution in [0, 0.1) is 5.82 Å². The Hall–Kier alpha value is -1.46. The molecule has 0 radical (unpaired) electrons. The van der Waals surface area contributed by atoms with Crippen LogP contribution in [0.4, 0.5) is 4.39 Å². The van der Waals surface area contributed by atoms with Gasteiger partial charge in [-0.25, -0.2) is 4.39 Å². The number of hydrogen-bond donors (Lipinski definition) is 3. The summed E-state index contributed by atoms with van der Waals surface area (Å²) in [6.45, 7) is 2.98. The van der Waals surface area contributed by atoms with Gasteiger partial charge in [0.15, 0.2) is 0 Å². The van der Waals surface area contributed by atoms with E-state index in [2.05, 4.69) is 10.6 Å². The van der Waals surface area contributed by atoms with Crippen LogP contribution < -0.4 is 10.6 Å². The predicted octanol–water partition coefficient (Wildman–Crippen LogP) is 0.975. The highest BCUT2D eigenvalue weighted by atomic mass is 19.1. The number of aliphatic hydroxyl groups is 1. The molecule has 0 aromatic heterocycles. The number of carbonyl (C=O) groups is 1. The smallest absolute Gasteiger partial charge is 0.233 e. The molecule has 0 aliphatic rings. The van der Waals surface area contributed by atoms with E-state index in [9.17, 15) is 14.3 Å². The van der Waals surface area contributed by atoms with Crippen molar-refractivity contribution in [3.8, 4) is 0 Å². The van der Waals surface area contributed by atoms with Crippen LogP contribution in [0.5, 0.6) is 0 Å². The van der Waals surface area contributed by atoms with Crippen molar-refractivity contribution >= 4 is 5.91 Å². The van der Waals surface area contributed by atoms with Crippen LogP contribution in [0.15, 0.2) is 24.3 Å². The fourth-order valence-electron chi connectivity index (χ4n) is 1.48. The number of halogens is 1. The van der Waals surface area contributed by atoms with E-state index in [4.69, 9.17) is 0 Å². The lowest BCUT2D eigenvalue weighted by atomic mass is 10.1. The van der Waals surface area contributed by atoms with Crippen LogP contribution in [-0.2, 0) is 4.79 Å². The largest absolute Gasteiger partial charge is 0.387 e. The number of rotatable bonds is 7. The van der Waals surface area contributed by atoms with E-state index in [1.807, 2.05) is 6.92 Å². The zero-order valence-corrected chi connectivity index (χ0v) is 10.4. The van der Waals surface area contributed by atoms with Crippen molar-refractivity contribution in [1.82, 2.24) is 10.6 Å². The Morgan fingerprint density at radius 2 is 2.28 bits per heavy atom. The summed E-state index contributed by atoms with van der Waals surface area (Å²) < 4.78 is 12.9. The predicted molar refractivity (Wildman–Crippen MR) is 67.5 cm³/mol. The molecule has 0 heterocycles. The first-order valence-electron chi connectivity index (χ1n) is 6.04. The fraction of sp³-hybridized carbons (Fsp3) is 0.462. The van der Waals surface area contributed by atoms with Crippen molar-refractivity contribution in [2.45, 2.75) is 19.4 Å². The van der Waals surface area contributed by atoms with Crippen LogP contribution in [0.3, 0.4) is 0 Å². The van der Waals surface area contributed by atoms with Crippen molar-refractivity contribution in [3.63, 3.8) is 0 Å². The van der Waals surface area contributed by atoms with Gasteiger partial charge in [0.25, 0.3) is 0 Å². The molecule has 100 valence electrons. The Labute approximate surface area is 106 Å². The second kappa shape index (κ2) is 7.79. The maximum Gasteiger partial charge on any atom is 0.233 e. The summed E-state index contributed by atoms with van der Waals surface area (Å²) in [5.41, 5.74) is 0.497. The second-order valence-corrected chi connectivity index (χ2v) is 4.05. The highest BCUT2D eigenvalue weighted by Gasteiger charge is 2.08. The number of benzene rings is 1. The minimum atomic E-state index is -0.820. The molecule has 3 N–H and O–H groups in total. The van der Waals surface area contributed by atoms with Crippen LogP contribution in [0.25, 0.3) is 0 Å². The summed E-state index contributed by atoms with van der Waals surface area (Å²) in [5.74, 6) is -0.490. The van der Waals surface area contributed by atoms with Crippen molar-refractivity contribution in [2.24, 2.45) is 0 Å². The van der Waals surface area contributed by atoms with Gasteiger partial charge < -0.3 is 15.7 Å². The summed E-state index contributed by atoms with van der Waals surface area (Å²) in [4.78, 5) is 11.3. The Kier molecular flexibility index (Phi) is 6.32. The van der Waals surface area contributed by atoms with Crippen molar-refractivity contribution in [3.05, 3.63) is 35.6 Å². The molecule has 1 aromatic carbocycles. The number of amides is 1. The van der Waals surface area contributed by atoms with Gasteiger partial charge >= 0.3 is 0 Å². The first-order chi connectivity index (χ1) is 8.63. The lowest BCUT2D eigenvalue weighted by Crippen LogP contribution is -2.35. The average molecular weight is 254 g/mol. The van der Waals surface area contributed by atoms with Gasteiger partial charge in [0.2, 0.25) is 5.91 Å². The summed E-state index contributed by atoms with van der Waals surface area (Å²) >= 11 is 0. The van der Waals surface area contributed by atoms with E-state index in [0.29, 0.717) is 12.1 Å². The summed E-state index contributed by atoms with van der Waals surface area (Å²) in [6.07, 6.45) is 0.0668. The molecule has 18 heavy (non-hydrogen) atoms. The molecule has 1 rings (SSSR count). The highest BCUT2D eigenvalue weighted by Crippen LogP contribution is 2.12. The number of nitrogens with one attached hydrogen (secondary N) is 2.